The van der Waals surface area contributed by atoms with Gasteiger partial charge in [0.1, 0.15) is 6.61 Å². The molecule has 0 bridgehead atoms. The second-order valence-electron chi connectivity index (χ2n) is 8.77. The van der Waals surface area contributed by atoms with Crippen LogP contribution in [0.2, 0.25) is 0 Å². The van der Waals surface area contributed by atoms with Crippen LogP contribution in [-0.2, 0) is 9.53 Å². The number of nitrogens with one attached hydrogen (secondary N) is 3. The smallest absolute Gasteiger partial charge is 0.407 e. The Hall–Kier alpha value is -2.83. The van der Waals surface area contributed by atoms with E-state index < -0.39 is 6.09 Å². The van der Waals surface area contributed by atoms with Gasteiger partial charge in [0, 0.05) is 30.6 Å². The normalized spacial score (nSPS) is 9.39. The highest BCUT2D eigenvalue weighted by molar-refractivity contribution is 5.94. The van der Waals surface area contributed by atoms with Gasteiger partial charge in [0.05, 0.1) is 0 Å². The Balaban J connectivity index is -0.000000389. The molecule has 0 aromatic heterocycles. The van der Waals surface area contributed by atoms with Gasteiger partial charge in [0.15, 0.2) is 0 Å². The van der Waals surface area contributed by atoms with Crippen LogP contribution in [0.5, 0.6) is 0 Å². The largest absolute Gasteiger partial charge is 0.445 e. The predicted octanol–water partition coefficient (Wildman–Crippen LogP) is 5.33. The summed E-state index contributed by atoms with van der Waals surface area (Å²) in [7, 11) is 0. The summed E-state index contributed by atoms with van der Waals surface area (Å²) in [6.45, 7) is 23.2. The van der Waals surface area contributed by atoms with E-state index in [0.717, 1.165) is 5.92 Å². The van der Waals surface area contributed by atoms with Crippen molar-refractivity contribution in [2.75, 3.05) is 6.61 Å². The zero-order valence-corrected chi connectivity index (χ0v) is 22.3. The first kappa shape index (κ1) is 34.8. The minimum absolute atomic E-state index is 0.00870. The number of hydrogen-bond donors (Lipinski definition) is 3. The molecule has 0 aliphatic rings. The van der Waals surface area contributed by atoms with E-state index in [1.54, 1.807) is 12.1 Å². The van der Waals surface area contributed by atoms with Gasteiger partial charge in [-0.15, -0.1) is 0 Å². The van der Waals surface area contributed by atoms with E-state index in [2.05, 4.69) is 48.0 Å². The SMILES string of the molecule is C=CCOC(=O)NC(C)C.CC(=O)NC(C)C.CC(C)C.CC(C)NC(=O)c1ccccc1. The van der Waals surface area contributed by atoms with Crippen LogP contribution in [0.1, 0.15) is 79.6 Å². The van der Waals surface area contributed by atoms with Gasteiger partial charge < -0.3 is 20.7 Å². The van der Waals surface area contributed by atoms with Crippen LogP contribution in [-0.4, -0.2) is 42.6 Å². The van der Waals surface area contributed by atoms with Crippen molar-refractivity contribution in [2.24, 2.45) is 5.92 Å². The van der Waals surface area contributed by atoms with Gasteiger partial charge in [0.2, 0.25) is 5.91 Å². The molecule has 190 valence electrons. The highest BCUT2D eigenvalue weighted by Crippen LogP contribution is 1.98. The maximum absolute atomic E-state index is 11.3. The minimum atomic E-state index is -0.394. The lowest BCUT2D eigenvalue weighted by Gasteiger charge is -2.07. The monoisotopic (exact) mass is 465 g/mol. The molecule has 3 amide bonds. The van der Waals surface area contributed by atoms with Crippen molar-refractivity contribution >= 4 is 17.9 Å². The van der Waals surface area contributed by atoms with Gasteiger partial charge in [-0.25, -0.2) is 4.79 Å². The molecule has 1 rings (SSSR count). The average Bonchev–Trinajstić information content (AvgIpc) is 2.65. The Morgan fingerprint density at radius 1 is 0.818 bits per heavy atom. The third-order valence-corrected chi connectivity index (χ3v) is 2.69. The van der Waals surface area contributed by atoms with E-state index in [9.17, 15) is 14.4 Å². The second kappa shape index (κ2) is 22.4. The molecular formula is C26H47N3O4. The van der Waals surface area contributed by atoms with Crippen LogP contribution in [0.15, 0.2) is 43.0 Å². The number of carbonyl (C=O) groups excluding carboxylic acids is 3. The van der Waals surface area contributed by atoms with Gasteiger partial charge in [-0.3, -0.25) is 9.59 Å². The Bertz CT molecular complexity index is 639. The Labute approximate surface area is 201 Å². The second-order valence-corrected chi connectivity index (χ2v) is 8.77. The first-order valence-corrected chi connectivity index (χ1v) is 11.4. The van der Waals surface area contributed by atoms with Crippen molar-refractivity contribution in [2.45, 2.75) is 87.4 Å². The Morgan fingerprint density at radius 2 is 1.24 bits per heavy atom. The Kier molecular flexibility index (Phi) is 23.6. The molecule has 1 aromatic rings. The number of benzene rings is 1. The molecule has 0 saturated heterocycles. The number of ether oxygens (including phenoxy) is 1. The molecule has 1 aromatic carbocycles. The molecule has 0 aliphatic carbocycles. The minimum Gasteiger partial charge on any atom is -0.445 e. The highest BCUT2D eigenvalue weighted by atomic mass is 16.5. The van der Waals surface area contributed by atoms with Crippen molar-refractivity contribution in [3.05, 3.63) is 48.6 Å². The summed E-state index contributed by atoms with van der Waals surface area (Å²) >= 11 is 0. The molecule has 3 N–H and O–H groups in total. The van der Waals surface area contributed by atoms with Crippen molar-refractivity contribution in [1.82, 2.24) is 16.0 Å². The maximum Gasteiger partial charge on any atom is 0.407 e. The summed E-state index contributed by atoms with van der Waals surface area (Å²) in [5.74, 6) is 0.862. The van der Waals surface area contributed by atoms with E-state index in [1.807, 2.05) is 59.7 Å². The average molecular weight is 466 g/mol. The van der Waals surface area contributed by atoms with Gasteiger partial charge in [0.25, 0.3) is 5.91 Å². The Morgan fingerprint density at radius 3 is 1.55 bits per heavy atom. The fraction of sp³-hybridized carbons (Fsp3) is 0.577. The van der Waals surface area contributed by atoms with Crippen LogP contribution in [0.4, 0.5) is 4.79 Å². The number of carbonyl (C=O) groups is 3. The summed E-state index contributed by atoms with van der Waals surface area (Å²) < 4.78 is 4.63. The van der Waals surface area contributed by atoms with Crippen molar-refractivity contribution in [3.8, 4) is 0 Å². The fourth-order valence-corrected chi connectivity index (χ4v) is 1.75. The quantitative estimate of drug-likeness (QED) is 0.495. The van der Waals surface area contributed by atoms with Crippen molar-refractivity contribution in [1.29, 1.82) is 0 Å². The molecule has 0 atom stereocenters. The van der Waals surface area contributed by atoms with E-state index in [0.29, 0.717) is 5.56 Å². The fourth-order valence-electron chi connectivity index (χ4n) is 1.75. The summed E-state index contributed by atoms with van der Waals surface area (Å²) in [6.07, 6.45) is 1.13. The lowest BCUT2D eigenvalue weighted by molar-refractivity contribution is -0.119. The van der Waals surface area contributed by atoms with Gasteiger partial charge in [-0.2, -0.15) is 0 Å². The molecule has 7 nitrogen and oxygen atoms in total. The molecular weight excluding hydrogens is 418 g/mol. The summed E-state index contributed by atoms with van der Waals surface area (Å²) in [4.78, 5) is 32.1. The van der Waals surface area contributed by atoms with Crippen molar-refractivity contribution in [3.63, 3.8) is 0 Å². The van der Waals surface area contributed by atoms with Crippen molar-refractivity contribution < 1.29 is 19.1 Å². The first-order chi connectivity index (χ1) is 15.2. The molecule has 0 fully saturated rings. The molecule has 7 heteroatoms. The van der Waals surface area contributed by atoms with Gasteiger partial charge in [-0.1, -0.05) is 51.6 Å². The third-order valence-electron chi connectivity index (χ3n) is 2.69. The standard InChI is InChI=1S/C10H13NO.C7H13NO2.C5H11NO.C4H10/c1-8(2)11-10(12)9-6-4-3-5-7-9;1-4-5-10-7(9)8-6(2)3;1-4(2)6-5(3)7;1-4(2)3/h3-8H,1-2H3,(H,11,12);4,6H,1,5H2,2-3H3,(H,8,9);4H,1-3H3,(H,6,7);4H,1-3H3. The van der Waals surface area contributed by atoms with Gasteiger partial charge in [-0.05, 0) is 59.6 Å². The molecule has 0 aliphatic heterocycles. The zero-order valence-electron chi connectivity index (χ0n) is 22.3. The van der Waals surface area contributed by atoms with Crippen LogP contribution in [0, 0.1) is 5.92 Å². The third kappa shape index (κ3) is 34.0. The molecule has 0 heterocycles. The highest BCUT2D eigenvalue weighted by Gasteiger charge is 2.04. The summed E-state index contributed by atoms with van der Waals surface area (Å²) in [6, 6.07) is 9.80. The molecule has 0 radical (unpaired) electrons. The maximum atomic E-state index is 11.3. The van der Waals surface area contributed by atoms with Crippen LogP contribution >= 0.6 is 0 Å². The molecule has 0 unspecified atom stereocenters. The van der Waals surface area contributed by atoms with Crippen LogP contribution in [0.25, 0.3) is 0 Å². The lowest BCUT2D eigenvalue weighted by Crippen LogP contribution is -2.30. The molecule has 33 heavy (non-hydrogen) atoms. The predicted molar refractivity (Wildman–Crippen MR) is 138 cm³/mol. The van der Waals surface area contributed by atoms with Gasteiger partial charge >= 0.3 is 6.09 Å². The number of alkyl carbamates (subject to hydrolysis) is 1. The molecule has 0 spiro atoms. The van der Waals surface area contributed by atoms with E-state index in [-0.39, 0.29) is 36.5 Å². The molecule has 0 saturated carbocycles. The van der Waals surface area contributed by atoms with E-state index in [1.165, 1.54) is 13.0 Å². The summed E-state index contributed by atoms with van der Waals surface area (Å²) in [5.41, 5.74) is 0.714. The van der Waals surface area contributed by atoms with Crippen LogP contribution in [0.3, 0.4) is 0 Å². The number of rotatable bonds is 6. The number of amides is 3. The first-order valence-electron chi connectivity index (χ1n) is 11.4. The van der Waals surface area contributed by atoms with Crippen LogP contribution < -0.4 is 16.0 Å². The summed E-state index contributed by atoms with van der Waals surface area (Å²) in [5, 5.41) is 8.06. The topological polar surface area (TPSA) is 96.5 Å². The van der Waals surface area contributed by atoms with E-state index in [4.69, 9.17) is 0 Å². The zero-order chi connectivity index (χ0) is 26.4. The van der Waals surface area contributed by atoms with E-state index >= 15 is 0 Å². The number of hydrogen-bond acceptors (Lipinski definition) is 4. The lowest BCUT2D eigenvalue weighted by atomic mass is 10.2.